The molecular formula is C28H23N3O. The van der Waals surface area contributed by atoms with E-state index in [-0.39, 0.29) is 5.91 Å². The van der Waals surface area contributed by atoms with E-state index in [9.17, 15) is 4.79 Å². The van der Waals surface area contributed by atoms with Crippen LogP contribution in [0, 0.1) is 6.92 Å². The van der Waals surface area contributed by atoms with Crippen LogP contribution in [0.15, 0.2) is 102 Å². The number of rotatable bonds is 5. The number of nitrogens with zero attached hydrogens (tertiary/aromatic N) is 2. The molecule has 0 saturated carbocycles. The lowest BCUT2D eigenvalue weighted by Gasteiger charge is -2.08. The molecule has 32 heavy (non-hydrogen) atoms. The van der Waals surface area contributed by atoms with Gasteiger partial charge in [0.15, 0.2) is 0 Å². The van der Waals surface area contributed by atoms with Crippen molar-refractivity contribution in [2.75, 3.05) is 0 Å². The number of carbonyl (C=O) groups excluding carboxylic acids is 1. The van der Waals surface area contributed by atoms with Crippen molar-refractivity contribution in [2.24, 2.45) is 5.10 Å². The second-order valence-electron chi connectivity index (χ2n) is 7.93. The molecule has 1 aromatic heterocycles. The number of hydrogen-bond donors (Lipinski definition) is 1. The summed E-state index contributed by atoms with van der Waals surface area (Å²) in [7, 11) is 0. The zero-order valence-electron chi connectivity index (χ0n) is 17.8. The van der Waals surface area contributed by atoms with Crippen LogP contribution >= 0.6 is 0 Å². The number of aryl methyl sites for hydroxylation is 1. The lowest BCUT2D eigenvalue weighted by Crippen LogP contribution is -2.17. The summed E-state index contributed by atoms with van der Waals surface area (Å²) in [4.78, 5) is 12.4. The van der Waals surface area contributed by atoms with Crippen molar-refractivity contribution >= 4 is 33.9 Å². The van der Waals surface area contributed by atoms with Gasteiger partial charge in [-0.25, -0.2) is 5.43 Å². The molecule has 1 amide bonds. The third-order valence-electron chi connectivity index (χ3n) is 5.69. The maximum atomic E-state index is 12.4. The first-order chi connectivity index (χ1) is 15.7. The smallest absolute Gasteiger partial charge is 0.271 e. The molecule has 0 fully saturated rings. The molecule has 4 aromatic carbocycles. The van der Waals surface area contributed by atoms with E-state index < -0.39 is 0 Å². The molecule has 1 heterocycles. The first-order valence-electron chi connectivity index (χ1n) is 10.6. The van der Waals surface area contributed by atoms with E-state index in [1.807, 2.05) is 55.5 Å². The average molecular weight is 418 g/mol. The molecule has 5 aromatic rings. The van der Waals surface area contributed by atoms with Crippen LogP contribution in [0.4, 0.5) is 0 Å². The minimum absolute atomic E-state index is 0.225. The van der Waals surface area contributed by atoms with Gasteiger partial charge in [0.2, 0.25) is 0 Å². The standard InChI is InChI=1S/C28H23N3O/c1-20-10-12-21(13-11-20)18-29-30-28(32)23-16-14-22(15-17-23)19-31-26-8-4-2-6-24(26)25-7-3-5-9-27(25)31/h2-18H,19H2,1H3,(H,30,32)/b29-18+. The molecule has 0 radical (unpaired) electrons. The van der Waals surface area contributed by atoms with Crippen molar-refractivity contribution in [1.82, 2.24) is 9.99 Å². The second kappa shape index (κ2) is 8.52. The zero-order valence-corrected chi connectivity index (χ0v) is 17.8. The van der Waals surface area contributed by atoms with Crippen LogP contribution in [0.25, 0.3) is 21.8 Å². The van der Waals surface area contributed by atoms with Crippen molar-refractivity contribution in [3.63, 3.8) is 0 Å². The van der Waals surface area contributed by atoms with E-state index in [0.29, 0.717) is 5.56 Å². The maximum absolute atomic E-state index is 12.4. The summed E-state index contributed by atoms with van der Waals surface area (Å²) in [5.74, 6) is -0.225. The van der Waals surface area contributed by atoms with Gasteiger partial charge in [-0.3, -0.25) is 4.79 Å². The van der Waals surface area contributed by atoms with Gasteiger partial charge in [0.1, 0.15) is 0 Å². The molecular weight excluding hydrogens is 394 g/mol. The van der Waals surface area contributed by atoms with E-state index in [2.05, 4.69) is 63.6 Å². The molecule has 4 nitrogen and oxygen atoms in total. The molecule has 4 heteroatoms. The number of aromatic nitrogens is 1. The first kappa shape index (κ1) is 19.8. The summed E-state index contributed by atoms with van der Waals surface area (Å²) in [6.45, 7) is 2.77. The second-order valence-corrected chi connectivity index (χ2v) is 7.93. The van der Waals surface area contributed by atoms with Crippen molar-refractivity contribution in [3.8, 4) is 0 Å². The largest absolute Gasteiger partial charge is 0.336 e. The van der Waals surface area contributed by atoms with Gasteiger partial charge in [0.25, 0.3) is 5.91 Å². The molecule has 1 N–H and O–H groups in total. The number of para-hydroxylation sites is 2. The number of fused-ring (bicyclic) bond motifs is 3. The highest BCUT2D eigenvalue weighted by atomic mass is 16.2. The third kappa shape index (κ3) is 3.91. The SMILES string of the molecule is Cc1ccc(/C=N/NC(=O)c2ccc(Cn3c4ccccc4c4ccccc43)cc2)cc1. The fraction of sp³-hybridized carbons (Fsp3) is 0.0714. The van der Waals surface area contributed by atoms with Crippen LogP contribution in [0.1, 0.15) is 27.0 Å². The molecule has 0 spiro atoms. The van der Waals surface area contributed by atoms with Crippen LogP contribution in [0.3, 0.4) is 0 Å². The van der Waals surface area contributed by atoms with Crippen LogP contribution in [0.5, 0.6) is 0 Å². The third-order valence-corrected chi connectivity index (χ3v) is 5.69. The summed E-state index contributed by atoms with van der Waals surface area (Å²) in [5.41, 5.74) is 8.86. The number of hydrogen-bond acceptors (Lipinski definition) is 2. The summed E-state index contributed by atoms with van der Waals surface area (Å²) in [6.07, 6.45) is 1.65. The van der Waals surface area contributed by atoms with E-state index in [1.165, 1.54) is 27.4 Å². The number of amides is 1. The Kier molecular flexibility index (Phi) is 5.26. The fourth-order valence-corrected chi connectivity index (χ4v) is 4.00. The Morgan fingerprint density at radius 3 is 2.03 bits per heavy atom. The Hall–Kier alpha value is -4.18. The quantitative estimate of drug-likeness (QED) is 0.280. The normalized spacial score (nSPS) is 11.4. The van der Waals surface area contributed by atoms with E-state index in [0.717, 1.165) is 17.7 Å². The minimum Gasteiger partial charge on any atom is -0.336 e. The van der Waals surface area contributed by atoms with Crippen LogP contribution in [0.2, 0.25) is 0 Å². The topological polar surface area (TPSA) is 46.4 Å². The summed E-state index contributed by atoms with van der Waals surface area (Å²) in [5, 5.41) is 6.58. The van der Waals surface area contributed by atoms with Crippen molar-refractivity contribution in [2.45, 2.75) is 13.5 Å². The Morgan fingerprint density at radius 1 is 0.812 bits per heavy atom. The molecule has 156 valence electrons. The van der Waals surface area contributed by atoms with Crippen LogP contribution < -0.4 is 5.43 Å². The van der Waals surface area contributed by atoms with Gasteiger partial charge < -0.3 is 4.57 Å². The van der Waals surface area contributed by atoms with E-state index >= 15 is 0 Å². The highest BCUT2D eigenvalue weighted by Crippen LogP contribution is 2.29. The predicted molar refractivity (Wildman–Crippen MR) is 131 cm³/mol. The summed E-state index contributed by atoms with van der Waals surface area (Å²) in [6, 6.07) is 32.6. The van der Waals surface area contributed by atoms with Gasteiger partial charge in [-0.2, -0.15) is 5.10 Å². The van der Waals surface area contributed by atoms with E-state index in [4.69, 9.17) is 0 Å². The lowest BCUT2D eigenvalue weighted by molar-refractivity contribution is 0.0955. The highest BCUT2D eigenvalue weighted by Gasteiger charge is 2.10. The Balaban J connectivity index is 1.33. The van der Waals surface area contributed by atoms with Crippen molar-refractivity contribution in [3.05, 3.63) is 119 Å². The monoisotopic (exact) mass is 417 g/mol. The fourth-order valence-electron chi connectivity index (χ4n) is 4.00. The lowest BCUT2D eigenvalue weighted by atomic mass is 10.1. The maximum Gasteiger partial charge on any atom is 0.271 e. The highest BCUT2D eigenvalue weighted by molar-refractivity contribution is 6.08. The Bertz CT molecular complexity index is 1370. The summed E-state index contributed by atoms with van der Waals surface area (Å²) >= 11 is 0. The molecule has 5 rings (SSSR count). The molecule has 0 bridgehead atoms. The Labute approximate surface area is 186 Å². The number of carbonyl (C=O) groups is 1. The average Bonchev–Trinajstić information content (AvgIpc) is 3.15. The molecule has 0 unspecified atom stereocenters. The Morgan fingerprint density at radius 2 is 1.41 bits per heavy atom. The van der Waals surface area contributed by atoms with Crippen LogP contribution in [-0.4, -0.2) is 16.7 Å². The van der Waals surface area contributed by atoms with Gasteiger partial charge in [0.05, 0.1) is 6.21 Å². The minimum atomic E-state index is -0.225. The molecule has 0 aliphatic heterocycles. The molecule has 0 aliphatic rings. The number of nitrogens with one attached hydrogen (secondary N) is 1. The van der Waals surface area contributed by atoms with Gasteiger partial charge in [-0.1, -0.05) is 78.4 Å². The number of hydrazone groups is 1. The molecule has 0 aliphatic carbocycles. The molecule has 0 saturated heterocycles. The first-order valence-corrected chi connectivity index (χ1v) is 10.6. The predicted octanol–water partition coefficient (Wildman–Crippen LogP) is 5.92. The van der Waals surface area contributed by atoms with Gasteiger partial charge in [-0.15, -0.1) is 0 Å². The van der Waals surface area contributed by atoms with Crippen molar-refractivity contribution < 1.29 is 4.79 Å². The van der Waals surface area contributed by atoms with Gasteiger partial charge >= 0.3 is 0 Å². The van der Waals surface area contributed by atoms with Gasteiger partial charge in [-0.05, 0) is 42.3 Å². The number of benzene rings is 4. The zero-order chi connectivity index (χ0) is 21.9. The van der Waals surface area contributed by atoms with Crippen molar-refractivity contribution in [1.29, 1.82) is 0 Å². The van der Waals surface area contributed by atoms with Gasteiger partial charge in [0, 0.05) is 33.9 Å². The van der Waals surface area contributed by atoms with E-state index in [1.54, 1.807) is 6.21 Å². The molecule has 0 atom stereocenters. The van der Waals surface area contributed by atoms with Crippen LogP contribution in [-0.2, 0) is 6.54 Å². The summed E-state index contributed by atoms with van der Waals surface area (Å²) < 4.78 is 2.33.